The van der Waals surface area contributed by atoms with Crippen LogP contribution in [0.15, 0.2) is 35.4 Å². The van der Waals surface area contributed by atoms with Crippen molar-refractivity contribution in [2.24, 2.45) is 0 Å². The maximum atomic E-state index is 9.79. The van der Waals surface area contributed by atoms with E-state index in [-0.39, 0.29) is 16.5 Å². The Balaban J connectivity index is 0.00000882. The standard InChI is InChI=1S/C39H58N2.Ni/c1-9-14-16-18-23-38(34(28-41-40)22-17-15-10-2)39(35-24-29(6)31(8)30(7)25-35)36-26-32(19-11-3)37(21-13-5)33(27-36)20-12-4;/h24-27H,9-23H2,1-8H3;. The number of unbranched alkanes of at least 4 members (excludes halogenated alkanes) is 5. The van der Waals surface area contributed by atoms with Crippen LogP contribution >= 0.6 is 0 Å². The molecule has 0 aliphatic carbocycles. The summed E-state index contributed by atoms with van der Waals surface area (Å²) in [6.07, 6.45) is 17.0. The predicted octanol–water partition coefficient (Wildman–Crippen LogP) is 11.6. The average molecular weight is 614 g/mol. The molecule has 0 aliphatic rings. The molecule has 0 aliphatic heterocycles. The molecule has 3 heteroatoms. The van der Waals surface area contributed by atoms with E-state index in [9.17, 15) is 5.53 Å². The fourth-order valence-corrected chi connectivity index (χ4v) is 6.23. The summed E-state index contributed by atoms with van der Waals surface area (Å²) in [6.45, 7) is 18.1. The summed E-state index contributed by atoms with van der Waals surface area (Å²) < 4.78 is 0. The molecule has 0 fully saturated rings. The zero-order chi connectivity index (χ0) is 30.2. The molecule has 234 valence electrons. The number of aryl methyl sites for hydroxylation is 4. The Hall–Kier alpha value is -2.17. The second-order valence-electron chi connectivity index (χ2n) is 12.1. The monoisotopic (exact) mass is 612 g/mol. The molecule has 0 amide bonds. The molecular weight excluding hydrogens is 555 g/mol. The first-order chi connectivity index (χ1) is 19.9. The second-order valence-corrected chi connectivity index (χ2v) is 12.1. The quantitative estimate of drug-likeness (QED) is 0.0401. The first kappa shape index (κ1) is 37.9. The molecule has 0 bridgehead atoms. The van der Waals surface area contributed by atoms with E-state index in [0.717, 1.165) is 63.4 Å². The van der Waals surface area contributed by atoms with Crippen LogP contribution in [-0.2, 0) is 35.8 Å². The molecule has 0 unspecified atom stereocenters. The smallest absolute Gasteiger partial charge is 0.303 e. The van der Waals surface area contributed by atoms with E-state index in [0.29, 0.717) is 0 Å². The first-order valence-electron chi connectivity index (χ1n) is 16.8. The van der Waals surface area contributed by atoms with Gasteiger partial charge < -0.3 is 5.53 Å². The van der Waals surface area contributed by atoms with Gasteiger partial charge in [-0.05, 0) is 121 Å². The van der Waals surface area contributed by atoms with Crippen LogP contribution in [-0.4, -0.2) is 10.7 Å². The Labute approximate surface area is 269 Å². The minimum absolute atomic E-state index is 0. The zero-order valence-electron chi connectivity index (χ0n) is 28.1. The molecule has 0 N–H and O–H groups in total. The predicted molar refractivity (Wildman–Crippen MR) is 180 cm³/mol. The van der Waals surface area contributed by atoms with Crippen molar-refractivity contribution in [3.05, 3.63) is 85.5 Å². The first-order valence-corrected chi connectivity index (χ1v) is 16.8. The molecule has 2 rings (SSSR count). The van der Waals surface area contributed by atoms with Crippen LogP contribution in [0.25, 0.3) is 11.1 Å². The third kappa shape index (κ3) is 10.8. The van der Waals surface area contributed by atoms with E-state index >= 15 is 0 Å². The molecule has 0 saturated heterocycles. The van der Waals surface area contributed by atoms with Gasteiger partial charge in [0.1, 0.15) is 0 Å². The molecule has 0 radical (unpaired) electrons. The van der Waals surface area contributed by atoms with E-state index in [4.69, 9.17) is 0 Å². The Bertz CT molecular complexity index is 1190. The van der Waals surface area contributed by atoms with Crippen molar-refractivity contribution in [3.63, 3.8) is 0 Å². The van der Waals surface area contributed by atoms with Crippen molar-refractivity contribution in [1.29, 1.82) is 0 Å². The Kier molecular flexibility index (Phi) is 18.6. The molecule has 2 nitrogen and oxygen atoms in total. The summed E-state index contributed by atoms with van der Waals surface area (Å²) in [6, 6.07) is 9.81. The van der Waals surface area contributed by atoms with Crippen LogP contribution in [0.1, 0.15) is 156 Å². The van der Waals surface area contributed by atoms with Gasteiger partial charge in [0.2, 0.25) is 0 Å². The van der Waals surface area contributed by atoms with Crippen LogP contribution in [0.4, 0.5) is 0 Å². The van der Waals surface area contributed by atoms with Crippen molar-refractivity contribution >= 4 is 11.4 Å². The molecule has 42 heavy (non-hydrogen) atoms. The SMILES string of the molecule is CCCCCCC(C(=C=[N+]=[N-])CCCCC)=C(c1cc(C)c(C)c(C)c1)c1cc(CCC)c(CCC)c(CCC)c1.[Ni]. The fraction of sp³-hybridized carbons (Fsp3) is 0.590. The van der Waals surface area contributed by atoms with Gasteiger partial charge in [0.25, 0.3) is 0 Å². The largest absolute Gasteiger partial charge is 0.348 e. The van der Waals surface area contributed by atoms with Crippen molar-refractivity contribution in [2.75, 3.05) is 0 Å². The summed E-state index contributed by atoms with van der Waals surface area (Å²) in [4.78, 5) is 3.51. The summed E-state index contributed by atoms with van der Waals surface area (Å²) in [5.74, 6) is 3.09. The topological polar surface area (TPSA) is 36.4 Å². The number of allylic oxidation sites excluding steroid dienone is 2. The van der Waals surface area contributed by atoms with Gasteiger partial charge in [-0.25, -0.2) is 0 Å². The molecule has 2 aromatic rings. The number of hydrogen-bond acceptors (Lipinski definition) is 0. The fourth-order valence-electron chi connectivity index (χ4n) is 6.23. The maximum absolute atomic E-state index is 9.79. The van der Waals surface area contributed by atoms with Crippen molar-refractivity contribution in [2.45, 2.75) is 152 Å². The van der Waals surface area contributed by atoms with E-state index in [2.05, 4.69) is 90.3 Å². The van der Waals surface area contributed by atoms with Crippen LogP contribution in [0, 0.1) is 20.8 Å². The molecule has 0 spiro atoms. The minimum Gasteiger partial charge on any atom is -0.348 e. The number of rotatable bonds is 18. The average Bonchev–Trinajstić information content (AvgIpc) is 2.95. The second kappa shape index (κ2) is 20.7. The van der Waals surface area contributed by atoms with E-state index in [1.807, 2.05) is 0 Å². The van der Waals surface area contributed by atoms with Crippen molar-refractivity contribution in [3.8, 4) is 0 Å². The molecule has 0 aromatic heterocycles. The van der Waals surface area contributed by atoms with Crippen molar-refractivity contribution in [1.82, 2.24) is 0 Å². The Morgan fingerprint density at radius 3 is 1.64 bits per heavy atom. The molecule has 0 heterocycles. The summed E-state index contributed by atoms with van der Waals surface area (Å²) in [5, 5.41) is 0. The van der Waals surface area contributed by atoms with Crippen molar-refractivity contribution < 1.29 is 21.3 Å². The summed E-state index contributed by atoms with van der Waals surface area (Å²) in [5.41, 5.74) is 24.8. The summed E-state index contributed by atoms with van der Waals surface area (Å²) in [7, 11) is 0. The van der Waals surface area contributed by atoms with E-state index < -0.39 is 0 Å². The molecule has 0 saturated carbocycles. The van der Waals surface area contributed by atoms with Crippen LogP contribution in [0.5, 0.6) is 0 Å². The van der Waals surface area contributed by atoms with Gasteiger partial charge in [-0.15, -0.1) is 4.79 Å². The molecular formula is C39H58N2Ni. The van der Waals surface area contributed by atoms with Crippen LogP contribution in [0.3, 0.4) is 0 Å². The number of benzene rings is 2. The normalized spacial score (nSPS) is 11.4. The third-order valence-electron chi connectivity index (χ3n) is 8.64. The minimum atomic E-state index is 0. The van der Waals surface area contributed by atoms with E-state index in [1.54, 1.807) is 5.56 Å². The van der Waals surface area contributed by atoms with Gasteiger partial charge in [0.05, 0.1) is 5.57 Å². The Morgan fingerprint density at radius 1 is 0.643 bits per heavy atom. The zero-order valence-corrected chi connectivity index (χ0v) is 29.1. The van der Waals surface area contributed by atoms with Crippen LogP contribution in [0.2, 0.25) is 0 Å². The van der Waals surface area contributed by atoms with Gasteiger partial charge in [0, 0.05) is 16.5 Å². The van der Waals surface area contributed by atoms with Gasteiger partial charge in [-0.1, -0.05) is 110 Å². The van der Waals surface area contributed by atoms with Gasteiger partial charge in [-0.3, -0.25) is 0 Å². The van der Waals surface area contributed by atoms with Crippen LogP contribution < -0.4 is 0 Å². The number of hydrogen-bond donors (Lipinski definition) is 0. The molecule has 0 atom stereocenters. The molecule has 2 aromatic carbocycles. The summed E-state index contributed by atoms with van der Waals surface area (Å²) >= 11 is 0. The Morgan fingerprint density at radius 2 is 1.14 bits per heavy atom. The maximum Gasteiger partial charge on any atom is 0.303 e. The number of nitrogens with zero attached hydrogens (tertiary/aromatic N) is 2. The van der Waals surface area contributed by atoms with E-state index in [1.165, 1.54) is 88.6 Å². The van der Waals surface area contributed by atoms with Gasteiger partial charge in [0.15, 0.2) is 0 Å². The third-order valence-corrected chi connectivity index (χ3v) is 8.64. The van der Waals surface area contributed by atoms with Gasteiger partial charge in [-0.2, -0.15) is 0 Å². The van der Waals surface area contributed by atoms with Gasteiger partial charge >= 0.3 is 5.87 Å².